The third kappa shape index (κ3) is 3.88. The van der Waals surface area contributed by atoms with Gasteiger partial charge in [0.2, 0.25) is 0 Å². The van der Waals surface area contributed by atoms with Crippen LogP contribution in [0.5, 0.6) is 0 Å². The number of hydrogen-bond acceptors (Lipinski definition) is 4. The van der Waals surface area contributed by atoms with Gasteiger partial charge >= 0.3 is 6.09 Å². The summed E-state index contributed by atoms with van der Waals surface area (Å²) in [6.07, 6.45) is 2.32. The molecule has 3 rings (SSSR count). The van der Waals surface area contributed by atoms with Crippen LogP contribution >= 0.6 is 11.8 Å². The lowest BCUT2D eigenvalue weighted by Gasteiger charge is -2.09. The fourth-order valence-electron chi connectivity index (χ4n) is 2.01. The number of benzene rings is 1. The van der Waals surface area contributed by atoms with Crippen LogP contribution in [0.15, 0.2) is 29.2 Å². The minimum Gasteiger partial charge on any atom is -0.443 e. The summed E-state index contributed by atoms with van der Waals surface area (Å²) in [4.78, 5) is 12.2. The number of ether oxygens (including phenoxy) is 1. The van der Waals surface area contributed by atoms with Gasteiger partial charge in [-0.25, -0.2) is 4.79 Å². The third-order valence-corrected chi connectivity index (χ3v) is 4.38. The lowest BCUT2D eigenvalue weighted by molar-refractivity contribution is 0.150. The lowest BCUT2D eigenvalue weighted by Crippen LogP contribution is -2.16. The molecule has 4 nitrogen and oxygen atoms in total. The van der Waals surface area contributed by atoms with E-state index in [2.05, 4.69) is 34.9 Å². The van der Waals surface area contributed by atoms with Crippen molar-refractivity contribution in [2.75, 3.05) is 12.3 Å². The Kier molecular flexibility index (Phi) is 3.94. The van der Waals surface area contributed by atoms with Crippen molar-refractivity contribution in [3.05, 3.63) is 29.8 Å². The molecule has 1 atom stereocenters. The number of amides is 1. The first kappa shape index (κ1) is 12.8. The smallest absolute Gasteiger partial charge is 0.407 e. The van der Waals surface area contributed by atoms with Gasteiger partial charge in [0, 0.05) is 23.2 Å². The Morgan fingerprint density at radius 3 is 3.05 bits per heavy atom. The van der Waals surface area contributed by atoms with Gasteiger partial charge < -0.3 is 15.4 Å². The zero-order chi connectivity index (χ0) is 13.1. The van der Waals surface area contributed by atoms with E-state index >= 15 is 0 Å². The summed E-state index contributed by atoms with van der Waals surface area (Å²) >= 11 is 1.74. The minimum absolute atomic E-state index is 0.00857. The molecular formula is C14H18N2O2S. The highest BCUT2D eigenvalue weighted by Gasteiger charge is 2.22. The molecule has 1 saturated heterocycles. The molecule has 102 valence electrons. The molecular weight excluding hydrogens is 260 g/mol. The maximum atomic E-state index is 10.9. The fourth-order valence-corrected chi connectivity index (χ4v) is 2.98. The molecule has 19 heavy (non-hydrogen) atoms. The van der Waals surface area contributed by atoms with E-state index in [1.165, 1.54) is 23.3 Å². The molecule has 1 aliphatic heterocycles. The van der Waals surface area contributed by atoms with E-state index < -0.39 is 0 Å². The van der Waals surface area contributed by atoms with E-state index in [9.17, 15) is 4.79 Å². The number of rotatable bonds is 6. The highest BCUT2D eigenvalue weighted by Crippen LogP contribution is 2.23. The molecule has 0 spiro atoms. The number of thioether (sulfide) groups is 1. The number of cyclic esters (lactones) is 1. The topological polar surface area (TPSA) is 50.4 Å². The second-order valence-corrected chi connectivity index (χ2v) is 6.12. The highest BCUT2D eigenvalue weighted by atomic mass is 32.2. The van der Waals surface area contributed by atoms with Gasteiger partial charge in [0.05, 0.1) is 6.54 Å². The van der Waals surface area contributed by atoms with E-state index in [4.69, 9.17) is 4.74 Å². The van der Waals surface area contributed by atoms with Crippen LogP contribution in [0.25, 0.3) is 0 Å². The Morgan fingerprint density at radius 2 is 2.32 bits per heavy atom. The molecule has 2 aliphatic rings. The van der Waals surface area contributed by atoms with Crippen LogP contribution in [0.2, 0.25) is 0 Å². The van der Waals surface area contributed by atoms with Gasteiger partial charge in [0.1, 0.15) is 6.10 Å². The third-order valence-electron chi connectivity index (χ3n) is 3.25. The largest absolute Gasteiger partial charge is 0.443 e. The molecule has 0 aromatic heterocycles. The van der Waals surface area contributed by atoms with Crippen molar-refractivity contribution in [2.45, 2.75) is 36.4 Å². The number of nitrogens with one attached hydrogen (secondary N) is 2. The molecule has 2 N–H and O–H groups in total. The summed E-state index contributed by atoms with van der Waals surface area (Å²) < 4.78 is 5.12. The second-order valence-electron chi connectivity index (χ2n) is 5.02. The van der Waals surface area contributed by atoms with E-state index in [-0.39, 0.29) is 12.2 Å². The average Bonchev–Trinajstić information content (AvgIpc) is 3.16. The van der Waals surface area contributed by atoms with Gasteiger partial charge in [-0.3, -0.25) is 0 Å². The molecule has 1 unspecified atom stereocenters. The molecule has 1 heterocycles. The predicted molar refractivity (Wildman–Crippen MR) is 75.3 cm³/mol. The summed E-state index contributed by atoms with van der Waals surface area (Å²) in [5.74, 6) is 0.804. The van der Waals surface area contributed by atoms with Gasteiger partial charge in [-0.2, -0.15) is 0 Å². The number of alkyl carbamates (subject to hydrolysis) is 1. The Bertz CT molecular complexity index is 463. The predicted octanol–water partition coefficient (Wildman–Crippen LogP) is 2.14. The first-order chi connectivity index (χ1) is 9.29. The van der Waals surface area contributed by atoms with Gasteiger partial charge in [-0.1, -0.05) is 12.1 Å². The van der Waals surface area contributed by atoms with Crippen LogP contribution in [-0.4, -0.2) is 30.5 Å². The zero-order valence-electron chi connectivity index (χ0n) is 10.7. The first-order valence-electron chi connectivity index (χ1n) is 6.69. The molecule has 2 fully saturated rings. The monoisotopic (exact) mass is 278 g/mol. The van der Waals surface area contributed by atoms with Gasteiger partial charge in [0.15, 0.2) is 0 Å². The van der Waals surface area contributed by atoms with E-state index in [0.29, 0.717) is 6.54 Å². The van der Waals surface area contributed by atoms with Crippen molar-refractivity contribution in [1.29, 1.82) is 0 Å². The molecule has 1 aromatic carbocycles. The van der Waals surface area contributed by atoms with Crippen molar-refractivity contribution in [3.63, 3.8) is 0 Å². The van der Waals surface area contributed by atoms with Crippen LogP contribution in [-0.2, 0) is 11.3 Å². The summed E-state index contributed by atoms with van der Waals surface area (Å²) in [7, 11) is 0. The normalized spacial score (nSPS) is 22.1. The highest BCUT2D eigenvalue weighted by molar-refractivity contribution is 7.99. The van der Waals surface area contributed by atoms with Crippen molar-refractivity contribution >= 4 is 17.9 Å². The fraction of sp³-hybridized carbons (Fsp3) is 0.500. The Labute approximate surface area is 117 Å². The molecule has 1 amide bonds. The van der Waals surface area contributed by atoms with Crippen molar-refractivity contribution in [3.8, 4) is 0 Å². The van der Waals surface area contributed by atoms with Crippen molar-refractivity contribution < 1.29 is 9.53 Å². The van der Waals surface area contributed by atoms with E-state index in [1.807, 2.05) is 0 Å². The Morgan fingerprint density at radius 1 is 1.42 bits per heavy atom. The van der Waals surface area contributed by atoms with E-state index in [0.717, 1.165) is 18.3 Å². The van der Waals surface area contributed by atoms with Crippen LogP contribution in [0.4, 0.5) is 4.79 Å². The van der Waals surface area contributed by atoms with Crippen molar-refractivity contribution in [2.24, 2.45) is 0 Å². The second kappa shape index (κ2) is 5.84. The minimum atomic E-state index is -0.298. The maximum Gasteiger partial charge on any atom is 0.407 e. The Balaban J connectivity index is 1.49. The quantitative estimate of drug-likeness (QED) is 0.783. The first-order valence-corrected chi connectivity index (χ1v) is 7.68. The number of carbonyl (C=O) groups is 1. The Hall–Kier alpha value is -1.20. The number of carbonyl (C=O) groups excluding carboxylic acids is 1. The summed E-state index contributed by atoms with van der Waals surface area (Å²) in [5.41, 5.74) is 1.32. The summed E-state index contributed by atoms with van der Waals surface area (Å²) in [6, 6.07) is 9.29. The zero-order valence-corrected chi connectivity index (χ0v) is 11.5. The summed E-state index contributed by atoms with van der Waals surface area (Å²) in [6.45, 7) is 1.56. The van der Waals surface area contributed by atoms with Crippen LogP contribution in [0.3, 0.4) is 0 Å². The van der Waals surface area contributed by atoms with Gasteiger partial charge in [-0.15, -0.1) is 11.8 Å². The number of hydrogen-bond donors (Lipinski definition) is 2. The van der Waals surface area contributed by atoms with E-state index in [1.54, 1.807) is 11.8 Å². The molecule has 1 aliphatic carbocycles. The van der Waals surface area contributed by atoms with Gasteiger partial charge in [-0.05, 0) is 30.5 Å². The molecule has 0 bridgehead atoms. The molecule has 1 saturated carbocycles. The average molecular weight is 278 g/mol. The summed E-state index contributed by atoms with van der Waals surface area (Å²) in [5, 5.41) is 6.19. The standard InChI is InChI=1S/C14H18N2O2S/c17-14-16-8-12(18-14)9-19-13-3-1-2-10(6-13)7-15-11-4-5-11/h1-3,6,11-12,15H,4-5,7-9H2,(H,16,17). The molecule has 1 aromatic rings. The van der Waals surface area contributed by atoms with Crippen LogP contribution in [0, 0.1) is 0 Å². The molecule has 5 heteroatoms. The van der Waals surface area contributed by atoms with Crippen LogP contribution in [0.1, 0.15) is 18.4 Å². The SMILES string of the molecule is O=C1NCC(CSc2cccc(CNC3CC3)c2)O1. The van der Waals surface area contributed by atoms with Crippen molar-refractivity contribution in [1.82, 2.24) is 10.6 Å². The van der Waals surface area contributed by atoms with Crippen LogP contribution < -0.4 is 10.6 Å². The molecule has 0 radical (unpaired) electrons. The maximum absolute atomic E-state index is 10.9. The van der Waals surface area contributed by atoms with Gasteiger partial charge in [0.25, 0.3) is 0 Å². The lowest BCUT2D eigenvalue weighted by atomic mass is 10.2.